The molecule has 3 rings (SSSR count). The maximum absolute atomic E-state index is 14.3. The van der Waals surface area contributed by atoms with Gasteiger partial charge >= 0.3 is 0 Å². The van der Waals surface area contributed by atoms with E-state index in [4.69, 9.17) is 17.2 Å². The predicted octanol–water partition coefficient (Wildman–Crippen LogP) is -5.45. The van der Waals surface area contributed by atoms with Gasteiger partial charge in [-0.3, -0.25) is 57.5 Å². The van der Waals surface area contributed by atoms with Gasteiger partial charge in [0.1, 0.15) is 42.0 Å². The van der Waals surface area contributed by atoms with E-state index in [-0.39, 0.29) is 12.2 Å². The molecule has 2 aliphatic rings. The van der Waals surface area contributed by atoms with Crippen molar-refractivity contribution in [2.45, 2.75) is 121 Å². The highest BCUT2D eigenvalue weighted by atomic mass is 16.3. The van der Waals surface area contributed by atoms with Crippen molar-refractivity contribution in [2.75, 3.05) is 19.6 Å². The Kier molecular flexibility index (Phi) is 20.3. The Hall–Kier alpha value is -7.34. The van der Waals surface area contributed by atoms with Crippen molar-refractivity contribution in [3.63, 3.8) is 0 Å². The number of carbonyl (C=O) groups excluding carboxylic acids is 12. The molecule has 0 unspecified atom stereocenters. The molecule has 25 nitrogen and oxygen atoms in total. The number of nitrogens with zero attached hydrogens (tertiary/aromatic N) is 1. The molecule has 1 saturated carbocycles. The van der Waals surface area contributed by atoms with Crippen molar-refractivity contribution < 1.29 is 62.6 Å². The quantitative estimate of drug-likeness (QED) is 0.0695. The minimum atomic E-state index is -1.83. The molecule has 1 saturated heterocycles. The minimum Gasteiger partial charge on any atom is -0.508 e. The highest BCUT2D eigenvalue weighted by Gasteiger charge is 2.40. The second-order valence-electron chi connectivity index (χ2n) is 16.2. The van der Waals surface area contributed by atoms with Gasteiger partial charge in [0, 0.05) is 38.3 Å². The Labute approximate surface area is 379 Å². The molecule has 1 aliphatic carbocycles. The normalized spacial score (nSPS) is 22.3. The smallest absolute Gasteiger partial charge is 0.247 e. The molecule has 1 aliphatic heterocycles. The predicted molar refractivity (Wildman–Crippen MR) is 230 cm³/mol. The number of rotatable bonds is 17. The van der Waals surface area contributed by atoms with Gasteiger partial charge in [-0.05, 0) is 49.8 Å². The van der Waals surface area contributed by atoms with Gasteiger partial charge in [-0.25, -0.2) is 0 Å². The summed E-state index contributed by atoms with van der Waals surface area (Å²) in [7, 11) is 0. The van der Waals surface area contributed by atoms with Crippen LogP contribution in [0.15, 0.2) is 24.3 Å². The molecular formula is C41H60N12O13. The zero-order valence-electron chi connectivity index (χ0n) is 36.9. The van der Waals surface area contributed by atoms with Crippen molar-refractivity contribution in [3.8, 4) is 5.75 Å². The van der Waals surface area contributed by atoms with E-state index in [0.29, 0.717) is 24.8 Å². The maximum atomic E-state index is 14.3. The summed E-state index contributed by atoms with van der Waals surface area (Å²) in [4.78, 5) is 158. The van der Waals surface area contributed by atoms with Crippen LogP contribution in [0.2, 0.25) is 0 Å². The van der Waals surface area contributed by atoms with Gasteiger partial charge in [0.05, 0.1) is 19.5 Å². The Morgan fingerprint density at radius 1 is 0.758 bits per heavy atom. The van der Waals surface area contributed by atoms with Crippen molar-refractivity contribution in [2.24, 2.45) is 23.1 Å². The first kappa shape index (κ1) is 53.0. The maximum Gasteiger partial charge on any atom is 0.247 e. The van der Waals surface area contributed by atoms with Crippen LogP contribution < -0.4 is 59.7 Å². The number of phenols is 1. The standard InChI is InChI=1S/C41H60N12O13/c1-4-20(2)35-40(65)49-25(11-12-29(42)55)37(62)50-27(16-30(43)56)38(63)51-28(41(66)53(23-7-8-23)19-34(60)47-21(3)36(61)46-18-31(44)57)17-45-32(58)13-14-33(59)48-26(39(64)52-35)15-22-5-9-24(54)10-6-22/h5-6,9-10,20-21,23,25-28,35,54H,4,7-8,11-19H2,1-3H3,(H2,42,55)(H2,43,56)(H2,44,57)(H,45,58)(H,46,61)(H,47,60)(H,48,59)(H,49,65)(H,50,62)(H,51,63)(H,52,64)/t20-,21-,25-,26-,27-,28-,35-/m0/s1. The molecule has 7 atom stereocenters. The van der Waals surface area contributed by atoms with Gasteiger partial charge in [-0.2, -0.15) is 0 Å². The van der Waals surface area contributed by atoms with Crippen molar-refractivity contribution >= 4 is 70.9 Å². The largest absolute Gasteiger partial charge is 0.508 e. The van der Waals surface area contributed by atoms with Gasteiger partial charge in [-0.1, -0.05) is 32.4 Å². The lowest BCUT2D eigenvalue weighted by Gasteiger charge is -2.30. The molecule has 66 heavy (non-hydrogen) atoms. The highest BCUT2D eigenvalue weighted by molar-refractivity contribution is 5.99. The first-order valence-corrected chi connectivity index (χ1v) is 21.4. The highest BCUT2D eigenvalue weighted by Crippen LogP contribution is 2.27. The second-order valence-corrected chi connectivity index (χ2v) is 16.2. The number of benzene rings is 1. The Morgan fingerprint density at radius 2 is 1.36 bits per heavy atom. The minimum absolute atomic E-state index is 0.0663. The molecular weight excluding hydrogens is 869 g/mol. The SMILES string of the molecule is CC[C@H](C)[C@@H]1NC(=O)[C@H](Cc2ccc(O)cc2)NC(=O)CCC(=O)NC[C@@H](C(=O)N(CC(=O)N[C@@H](C)C(=O)NCC(N)=O)C2CC2)NC(=O)[C@H](CC(N)=O)NC(=O)[C@H](CCC(N)=O)NC1=O. The number of hydrogen-bond acceptors (Lipinski definition) is 13. The van der Waals surface area contributed by atoms with Crippen LogP contribution >= 0.6 is 0 Å². The van der Waals surface area contributed by atoms with Gasteiger partial charge < -0.3 is 69.7 Å². The van der Waals surface area contributed by atoms with Crippen LogP contribution in [0.1, 0.15) is 77.7 Å². The average molecular weight is 929 g/mol. The van der Waals surface area contributed by atoms with Crippen LogP contribution in [0.25, 0.3) is 0 Å². The Balaban J connectivity index is 2.03. The third kappa shape index (κ3) is 17.7. The third-order valence-electron chi connectivity index (χ3n) is 10.7. The fourth-order valence-corrected chi connectivity index (χ4v) is 6.61. The van der Waals surface area contributed by atoms with Gasteiger partial charge in [0.2, 0.25) is 70.9 Å². The van der Waals surface area contributed by atoms with E-state index in [1.54, 1.807) is 13.8 Å². The second kappa shape index (κ2) is 25.2. The van der Waals surface area contributed by atoms with E-state index in [1.165, 1.54) is 31.2 Å². The summed E-state index contributed by atoms with van der Waals surface area (Å²) in [5, 5.41) is 29.3. The van der Waals surface area contributed by atoms with Crippen LogP contribution in [-0.4, -0.2) is 143 Å². The van der Waals surface area contributed by atoms with Gasteiger partial charge in [0.25, 0.3) is 0 Å². The molecule has 15 N–H and O–H groups in total. The molecule has 362 valence electrons. The van der Waals surface area contributed by atoms with E-state index in [9.17, 15) is 62.6 Å². The average Bonchev–Trinajstić information content (AvgIpc) is 4.10. The summed E-state index contributed by atoms with van der Waals surface area (Å²) < 4.78 is 0. The first-order valence-electron chi connectivity index (χ1n) is 21.4. The van der Waals surface area contributed by atoms with E-state index in [0.717, 1.165) is 4.90 Å². The summed E-state index contributed by atoms with van der Waals surface area (Å²) in [6, 6.07) is -3.79. The van der Waals surface area contributed by atoms with Gasteiger partial charge in [-0.15, -0.1) is 0 Å². The lowest BCUT2D eigenvalue weighted by molar-refractivity contribution is -0.141. The van der Waals surface area contributed by atoms with Crippen molar-refractivity contribution in [1.82, 2.24) is 47.4 Å². The third-order valence-corrected chi connectivity index (χ3v) is 10.7. The van der Waals surface area contributed by atoms with E-state index < -0.39 is 171 Å². The van der Waals surface area contributed by atoms with Crippen LogP contribution in [-0.2, 0) is 64.0 Å². The number of aromatic hydroxyl groups is 1. The molecule has 1 aromatic carbocycles. The molecule has 1 heterocycles. The molecule has 0 radical (unpaired) electrons. The zero-order valence-corrected chi connectivity index (χ0v) is 36.9. The van der Waals surface area contributed by atoms with Crippen LogP contribution in [0.5, 0.6) is 5.75 Å². The van der Waals surface area contributed by atoms with Crippen LogP contribution in [0, 0.1) is 5.92 Å². The summed E-state index contributed by atoms with van der Waals surface area (Å²) in [6.45, 7) is 2.87. The first-order chi connectivity index (χ1) is 31.1. The molecule has 2 fully saturated rings. The zero-order chi connectivity index (χ0) is 49.2. The number of primary amides is 3. The van der Waals surface area contributed by atoms with E-state index in [2.05, 4.69) is 42.5 Å². The van der Waals surface area contributed by atoms with E-state index in [1.807, 2.05) is 0 Å². The number of hydrogen-bond donors (Lipinski definition) is 12. The molecule has 0 bridgehead atoms. The lowest BCUT2D eigenvalue weighted by Crippen LogP contribution is -2.62. The topological polar surface area (TPSA) is 403 Å². The van der Waals surface area contributed by atoms with Crippen molar-refractivity contribution in [1.29, 1.82) is 0 Å². The number of carbonyl (C=O) groups is 12. The molecule has 0 spiro atoms. The number of nitrogens with one attached hydrogen (secondary N) is 8. The summed E-state index contributed by atoms with van der Waals surface area (Å²) in [6.07, 6.45) is -1.67. The van der Waals surface area contributed by atoms with Gasteiger partial charge in [0.15, 0.2) is 0 Å². The fourth-order valence-electron chi connectivity index (χ4n) is 6.61. The number of phenolic OH excluding ortho intramolecular Hbond substituents is 1. The molecule has 12 amide bonds. The summed E-state index contributed by atoms with van der Waals surface area (Å²) in [5.74, 6) is -11.5. The summed E-state index contributed by atoms with van der Waals surface area (Å²) in [5.41, 5.74) is 16.4. The van der Waals surface area contributed by atoms with Crippen LogP contribution in [0.3, 0.4) is 0 Å². The number of amides is 12. The summed E-state index contributed by atoms with van der Waals surface area (Å²) >= 11 is 0. The molecule has 25 heteroatoms. The van der Waals surface area contributed by atoms with E-state index >= 15 is 0 Å². The Morgan fingerprint density at radius 3 is 1.95 bits per heavy atom. The molecule has 1 aromatic rings. The number of nitrogens with two attached hydrogens (primary N) is 3. The van der Waals surface area contributed by atoms with Crippen LogP contribution in [0.4, 0.5) is 0 Å². The monoisotopic (exact) mass is 928 g/mol. The van der Waals surface area contributed by atoms with Crippen molar-refractivity contribution in [3.05, 3.63) is 29.8 Å². The Bertz CT molecular complexity index is 2010. The fraction of sp³-hybridized carbons (Fsp3) is 0.561. The lowest BCUT2D eigenvalue weighted by atomic mass is 9.96. The molecule has 0 aromatic heterocycles.